The number of amides is 2. The van der Waals surface area contributed by atoms with Crippen molar-refractivity contribution < 1.29 is 14.0 Å². The smallest absolute Gasteiger partial charge is 0.291 e. The summed E-state index contributed by atoms with van der Waals surface area (Å²) < 4.78 is 3.76. The molecule has 2 atom stereocenters. The number of nitrogens with one attached hydrogen (secondary N) is 2. The fourth-order valence-corrected chi connectivity index (χ4v) is 4.87. The second-order valence-electron chi connectivity index (χ2n) is 6.95. The fraction of sp³-hybridized carbons (Fsp3) is 0.143. The van der Waals surface area contributed by atoms with Gasteiger partial charge in [-0.2, -0.15) is 0 Å². The van der Waals surface area contributed by atoms with E-state index in [4.69, 9.17) is 62.4 Å². The zero-order valence-corrected chi connectivity index (χ0v) is 19.2. The molecule has 1 saturated carbocycles. The van der Waals surface area contributed by atoms with Gasteiger partial charge in [0.05, 0.1) is 22.9 Å². The number of hydrogen-bond donors (Lipinski definition) is 2. The molecule has 31 heavy (non-hydrogen) atoms. The third kappa shape index (κ3) is 4.66. The molecule has 1 aliphatic rings. The topological polar surface area (TPSA) is 71.3 Å². The van der Waals surface area contributed by atoms with Crippen molar-refractivity contribution in [3.63, 3.8) is 0 Å². The van der Waals surface area contributed by atoms with Crippen LogP contribution < -0.4 is 10.6 Å². The average molecular weight is 519 g/mol. The summed E-state index contributed by atoms with van der Waals surface area (Å²) in [6, 6.07) is 12.7. The highest BCUT2D eigenvalue weighted by molar-refractivity contribution is 6.53. The summed E-state index contributed by atoms with van der Waals surface area (Å²) in [4.78, 5) is 25.1. The van der Waals surface area contributed by atoms with Crippen molar-refractivity contribution >= 4 is 81.2 Å². The molecule has 0 unspecified atom stereocenters. The Morgan fingerprint density at radius 3 is 2.29 bits per heavy atom. The van der Waals surface area contributed by atoms with E-state index in [1.807, 2.05) is 0 Å². The van der Waals surface area contributed by atoms with Crippen LogP contribution in [0.25, 0.3) is 0 Å². The third-order valence-corrected chi connectivity index (χ3v) is 6.51. The van der Waals surface area contributed by atoms with Crippen molar-refractivity contribution in [2.75, 3.05) is 10.6 Å². The maximum atomic E-state index is 12.9. The van der Waals surface area contributed by atoms with Crippen LogP contribution in [0.1, 0.15) is 22.0 Å². The normalized spacial score (nSPS) is 19.0. The molecule has 0 spiro atoms. The van der Waals surface area contributed by atoms with Gasteiger partial charge < -0.3 is 15.1 Å². The van der Waals surface area contributed by atoms with Crippen LogP contribution in [0, 0.1) is 5.92 Å². The highest BCUT2D eigenvalue weighted by Crippen LogP contribution is 2.65. The number of carbonyl (C=O) groups excluding carboxylic acids is 2. The predicted octanol–water partition coefficient (Wildman–Crippen LogP) is 7.02. The maximum absolute atomic E-state index is 12.9. The minimum absolute atomic E-state index is 0.126. The van der Waals surface area contributed by atoms with E-state index in [-0.39, 0.29) is 5.76 Å². The van der Waals surface area contributed by atoms with E-state index in [0.717, 1.165) is 0 Å². The Morgan fingerprint density at radius 1 is 0.935 bits per heavy atom. The molecule has 2 aromatic carbocycles. The molecule has 10 heteroatoms. The van der Waals surface area contributed by atoms with Crippen molar-refractivity contribution in [2.45, 2.75) is 10.3 Å². The van der Waals surface area contributed by atoms with Gasteiger partial charge in [-0.1, -0.05) is 34.8 Å². The van der Waals surface area contributed by atoms with Crippen LogP contribution in [0.2, 0.25) is 15.1 Å². The molecule has 5 nitrogen and oxygen atoms in total. The van der Waals surface area contributed by atoms with Gasteiger partial charge in [-0.15, -0.1) is 23.2 Å². The number of rotatable bonds is 5. The van der Waals surface area contributed by atoms with Crippen molar-refractivity contribution in [1.29, 1.82) is 0 Å². The van der Waals surface area contributed by atoms with E-state index in [2.05, 4.69) is 10.6 Å². The molecule has 0 bridgehead atoms. The SMILES string of the molecule is O=C(Nc1cc(NC(=O)[C@H]2[C@H](c3cc(Cl)cc(Cl)c3)C2(Cl)Cl)ccc1Cl)c1ccco1. The van der Waals surface area contributed by atoms with Gasteiger partial charge in [0.1, 0.15) is 4.33 Å². The summed E-state index contributed by atoms with van der Waals surface area (Å²) in [5.41, 5.74) is 1.38. The molecule has 4 rings (SSSR count). The molecule has 1 aliphatic carbocycles. The van der Waals surface area contributed by atoms with E-state index >= 15 is 0 Å². The largest absolute Gasteiger partial charge is 0.459 e. The lowest BCUT2D eigenvalue weighted by Gasteiger charge is -2.10. The lowest BCUT2D eigenvalue weighted by Crippen LogP contribution is -2.17. The van der Waals surface area contributed by atoms with Gasteiger partial charge in [0, 0.05) is 21.7 Å². The minimum atomic E-state index is -1.30. The molecule has 3 aromatic rings. The molecule has 160 valence electrons. The van der Waals surface area contributed by atoms with Gasteiger partial charge in [0.25, 0.3) is 5.91 Å². The zero-order chi connectivity index (χ0) is 22.3. The van der Waals surface area contributed by atoms with Crippen LogP contribution in [0.3, 0.4) is 0 Å². The maximum Gasteiger partial charge on any atom is 0.291 e. The van der Waals surface area contributed by atoms with Crippen LogP contribution in [-0.4, -0.2) is 16.1 Å². The minimum Gasteiger partial charge on any atom is -0.459 e. The zero-order valence-electron chi connectivity index (χ0n) is 15.5. The molecule has 1 heterocycles. The van der Waals surface area contributed by atoms with Gasteiger partial charge in [-0.25, -0.2) is 0 Å². The first kappa shape index (κ1) is 22.3. The summed E-state index contributed by atoms with van der Waals surface area (Å²) in [5, 5.41) is 6.53. The molecule has 0 aliphatic heterocycles. The summed E-state index contributed by atoms with van der Waals surface area (Å²) in [6.45, 7) is 0. The summed E-state index contributed by atoms with van der Waals surface area (Å²) in [6.07, 6.45) is 1.39. The Hall–Kier alpha value is -1.89. The molecule has 1 aromatic heterocycles. The van der Waals surface area contributed by atoms with Crippen molar-refractivity contribution in [1.82, 2.24) is 0 Å². The number of benzene rings is 2. The molecule has 1 fully saturated rings. The highest BCUT2D eigenvalue weighted by atomic mass is 35.5. The number of hydrogen-bond acceptors (Lipinski definition) is 3. The van der Waals surface area contributed by atoms with E-state index in [9.17, 15) is 9.59 Å². The molecule has 2 N–H and O–H groups in total. The molecule has 0 saturated heterocycles. The Labute approximate surface area is 202 Å². The number of alkyl halides is 2. The first-order valence-electron chi connectivity index (χ1n) is 8.96. The number of anilines is 2. The molecular formula is C21H13Cl5N2O3. The lowest BCUT2D eigenvalue weighted by atomic mass is 10.1. The van der Waals surface area contributed by atoms with Gasteiger partial charge in [-0.05, 0) is 54.1 Å². The van der Waals surface area contributed by atoms with Crippen molar-refractivity contribution in [3.8, 4) is 0 Å². The Balaban J connectivity index is 1.50. The Kier molecular flexibility index (Phi) is 6.16. The lowest BCUT2D eigenvalue weighted by molar-refractivity contribution is -0.117. The second-order valence-corrected chi connectivity index (χ2v) is 9.67. The molecular weight excluding hydrogens is 506 g/mol. The van der Waals surface area contributed by atoms with Gasteiger partial charge in [-0.3, -0.25) is 9.59 Å². The van der Waals surface area contributed by atoms with Crippen LogP contribution in [-0.2, 0) is 4.79 Å². The summed E-state index contributed by atoms with van der Waals surface area (Å²) >= 11 is 31.1. The molecule has 0 radical (unpaired) electrons. The fourth-order valence-electron chi connectivity index (χ4n) is 3.33. The second kappa shape index (κ2) is 8.57. The van der Waals surface area contributed by atoms with Gasteiger partial charge in [0.2, 0.25) is 5.91 Å². The van der Waals surface area contributed by atoms with Crippen LogP contribution >= 0.6 is 58.0 Å². The van der Waals surface area contributed by atoms with Crippen LogP contribution in [0.4, 0.5) is 11.4 Å². The van der Waals surface area contributed by atoms with E-state index in [0.29, 0.717) is 32.0 Å². The molecule has 2 amide bonds. The quantitative estimate of drug-likeness (QED) is 0.357. The summed E-state index contributed by atoms with van der Waals surface area (Å²) in [5.74, 6) is -1.94. The van der Waals surface area contributed by atoms with E-state index in [1.165, 1.54) is 18.4 Å². The Morgan fingerprint density at radius 2 is 1.65 bits per heavy atom. The van der Waals surface area contributed by atoms with Crippen molar-refractivity contribution in [2.24, 2.45) is 5.92 Å². The average Bonchev–Trinajstić information content (AvgIpc) is 3.04. The summed E-state index contributed by atoms with van der Waals surface area (Å²) in [7, 11) is 0. The first-order valence-corrected chi connectivity index (χ1v) is 10.8. The number of halogens is 5. The van der Waals surface area contributed by atoms with E-state index in [1.54, 1.807) is 36.4 Å². The first-order chi connectivity index (χ1) is 14.7. The third-order valence-electron chi connectivity index (χ3n) is 4.81. The van der Waals surface area contributed by atoms with Crippen LogP contribution in [0.5, 0.6) is 0 Å². The van der Waals surface area contributed by atoms with Gasteiger partial charge in [0.15, 0.2) is 5.76 Å². The number of furan rings is 1. The van der Waals surface area contributed by atoms with Crippen molar-refractivity contribution in [3.05, 3.63) is 81.2 Å². The number of carbonyl (C=O) groups is 2. The van der Waals surface area contributed by atoms with E-state index < -0.39 is 28.0 Å². The van der Waals surface area contributed by atoms with Gasteiger partial charge >= 0.3 is 0 Å². The monoisotopic (exact) mass is 516 g/mol. The highest BCUT2D eigenvalue weighted by Gasteiger charge is 2.67. The van der Waals surface area contributed by atoms with Crippen LogP contribution in [0.15, 0.2) is 59.2 Å². The Bertz CT molecular complexity index is 1140. The predicted molar refractivity (Wildman–Crippen MR) is 124 cm³/mol. The standard InChI is InChI=1S/C21H13Cl5N2O3/c22-11-6-10(7-12(23)8-11)17-18(21(17,25)26)20(30)27-13-3-4-14(24)15(9-13)28-19(29)16-2-1-5-31-16/h1-9,17-18H,(H,27,30)(H,28,29)/t17-,18+/m0/s1.